The van der Waals surface area contributed by atoms with Crippen LogP contribution in [-0.2, 0) is 0 Å². The maximum atomic E-state index is 5.60. The number of hydrogen-bond acceptors (Lipinski definition) is 3. The highest BCUT2D eigenvalue weighted by Crippen LogP contribution is 2.07. The van der Waals surface area contributed by atoms with Crippen LogP contribution >= 0.6 is 0 Å². The Labute approximate surface area is 63.2 Å². The Kier molecular flexibility index (Phi) is 1.09. The van der Waals surface area contributed by atoms with Crippen molar-refractivity contribution in [2.24, 2.45) is 0 Å². The van der Waals surface area contributed by atoms with Crippen molar-refractivity contribution in [2.45, 2.75) is 6.92 Å². The summed E-state index contributed by atoms with van der Waals surface area (Å²) in [4.78, 5) is 4.05. The van der Waals surface area contributed by atoms with Crippen molar-refractivity contribution in [1.29, 1.82) is 0 Å². The molecule has 0 radical (unpaired) electrons. The zero-order chi connectivity index (χ0) is 7.84. The second kappa shape index (κ2) is 1.95. The monoisotopic (exact) mass is 150 g/mol. The number of rotatable bonds is 0. The van der Waals surface area contributed by atoms with Crippen LogP contribution in [0.1, 0.15) is 5.89 Å². The highest BCUT2D eigenvalue weighted by molar-refractivity contribution is 5.62. The van der Waals surface area contributed by atoms with Gasteiger partial charge in [-0.05, 0) is 17.1 Å². The molecule has 2 rings (SSSR count). The van der Waals surface area contributed by atoms with Crippen molar-refractivity contribution in [2.75, 3.05) is 5.84 Å². The molecule has 0 saturated carbocycles. The molecule has 0 bridgehead atoms. The number of fused-ring (bicyclic) bond motifs is 1. The summed E-state index contributed by atoms with van der Waals surface area (Å²) in [5, 5.41) is 0. The lowest BCUT2D eigenvalue weighted by atomic mass is 10.5. The second-order valence-corrected chi connectivity index (χ2v) is 2.32. The number of nitrogen functional groups attached to an aromatic ring is 1. The largest absolute Gasteiger partial charge is 0.416 e. The van der Waals surface area contributed by atoms with E-state index in [0.717, 1.165) is 0 Å². The molecule has 4 heteroatoms. The van der Waals surface area contributed by atoms with Crippen LogP contribution in [0.5, 0.6) is 0 Å². The SMILES string of the molecule is Cc1oc2cccnc2[n+]1N. The number of nitrogens with zero attached hydrogens (tertiary/aromatic N) is 2. The molecule has 0 saturated heterocycles. The van der Waals surface area contributed by atoms with Gasteiger partial charge in [0.25, 0.3) is 5.89 Å². The van der Waals surface area contributed by atoms with Crippen LogP contribution in [0.25, 0.3) is 11.2 Å². The maximum absolute atomic E-state index is 5.60. The standard InChI is InChI=1S/C7H8N3O/c1-5-10(8)7-6(11-5)3-2-4-9-7/h2-4H,8H2,1H3/q+1. The first-order valence-electron chi connectivity index (χ1n) is 3.30. The van der Waals surface area contributed by atoms with E-state index in [-0.39, 0.29) is 0 Å². The number of nitrogens with two attached hydrogens (primary N) is 1. The van der Waals surface area contributed by atoms with E-state index in [2.05, 4.69) is 4.98 Å². The second-order valence-electron chi connectivity index (χ2n) is 2.32. The molecule has 56 valence electrons. The summed E-state index contributed by atoms with van der Waals surface area (Å²) in [7, 11) is 0. The summed E-state index contributed by atoms with van der Waals surface area (Å²) in [5.74, 6) is 6.25. The van der Waals surface area contributed by atoms with E-state index in [9.17, 15) is 0 Å². The number of oxazole rings is 1. The Balaban J connectivity index is 2.92. The summed E-state index contributed by atoms with van der Waals surface area (Å²) in [6.45, 7) is 1.79. The number of hydrogen-bond donors (Lipinski definition) is 1. The van der Waals surface area contributed by atoms with Gasteiger partial charge in [-0.15, -0.1) is 0 Å². The predicted octanol–water partition coefficient (Wildman–Crippen LogP) is 0.138. The first-order chi connectivity index (χ1) is 5.29. The molecular formula is C7H8N3O+. The minimum absolute atomic E-state index is 0.652. The zero-order valence-corrected chi connectivity index (χ0v) is 6.11. The van der Waals surface area contributed by atoms with Gasteiger partial charge in [0.2, 0.25) is 5.58 Å². The Morgan fingerprint density at radius 3 is 3.18 bits per heavy atom. The van der Waals surface area contributed by atoms with E-state index in [4.69, 9.17) is 10.3 Å². The Bertz CT molecular complexity index is 393. The lowest BCUT2D eigenvalue weighted by Gasteiger charge is -1.79. The molecule has 11 heavy (non-hydrogen) atoms. The van der Waals surface area contributed by atoms with E-state index in [1.165, 1.54) is 4.68 Å². The highest BCUT2D eigenvalue weighted by Gasteiger charge is 2.14. The summed E-state index contributed by atoms with van der Waals surface area (Å²) < 4.78 is 6.70. The predicted molar refractivity (Wildman–Crippen MR) is 39.1 cm³/mol. The topological polar surface area (TPSA) is 55.9 Å². The lowest BCUT2D eigenvalue weighted by molar-refractivity contribution is -0.626. The fourth-order valence-corrected chi connectivity index (χ4v) is 1.00. The lowest BCUT2D eigenvalue weighted by Crippen LogP contribution is -2.46. The van der Waals surface area contributed by atoms with Gasteiger partial charge in [-0.25, -0.2) is 0 Å². The molecule has 0 aromatic carbocycles. The maximum Gasteiger partial charge on any atom is 0.392 e. The molecule has 0 spiro atoms. The first kappa shape index (κ1) is 6.15. The minimum atomic E-state index is 0.652. The van der Waals surface area contributed by atoms with Gasteiger partial charge in [0.05, 0.1) is 0 Å². The number of aryl methyl sites for hydroxylation is 1. The number of aromatic nitrogens is 2. The van der Waals surface area contributed by atoms with E-state index in [1.54, 1.807) is 13.1 Å². The average molecular weight is 150 g/mol. The van der Waals surface area contributed by atoms with Crippen molar-refractivity contribution in [3.63, 3.8) is 0 Å². The Morgan fingerprint density at radius 2 is 2.45 bits per heavy atom. The van der Waals surface area contributed by atoms with Crippen LogP contribution in [0.2, 0.25) is 0 Å². The van der Waals surface area contributed by atoms with Gasteiger partial charge in [0.15, 0.2) is 0 Å². The van der Waals surface area contributed by atoms with E-state index >= 15 is 0 Å². The summed E-state index contributed by atoms with van der Waals surface area (Å²) in [5.41, 5.74) is 1.39. The Morgan fingerprint density at radius 1 is 1.64 bits per heavy atom. The van der Waals surface area contributed by atoms with Gasteiger partial charge in [-0.1, -0.05) is 4.68 Å². The highest BCUT2D eigenvalue weighted by atomic mass is 16.4. The number of pyridine rings is 1. The summed E-state index contributed by atoms with van der Waals surface area (Å²) >= 11 is 0. The van der Waals surface area contributed by atoms with Crippen molar-refractivity contribution in [3.8, 4) is 0 Å². The van der Waals surface area contributed by atoms with Gasteiger partial charge < -0.3 is 4.42 Å². The third kappa shape index (κ3) is 0.756. The van der Waals surface area contributed by atoms with Gasteiger partial charge in [-0.3, -0.25) is 5.84 Å². The van der Waals surface area contributed by atoms with Crippen LogP contribution in [-0.4, -0.2) is 4.98 Å². The Hall–Kier alpha value is -1.58. The first-order valence-corrected chi connectivity index (χ1v) is 3.30. The molecule has 2 aromatic heterocycles. The van der Waals surface area contributed by atoms with E-state index < -0.39 is 0 Å². The summed E-state index contributed by atoms with van der Waals surface area (Å²) in [6.07, 6.45) is 1.68. The molecule has 0 aliphatic carbocycles. The van der Waals surface area contributed by atoms with Crippen molar-refractivity contribution in [3.05, 3.63) is 24.2 Å². The minimum Gasteiger partial charge on any atom is -0.416 e. The fourth-order valence-electron chi connectivity index (χ4n) is 1.00. The molecular weight excluding hydrogens is 142 g/mol. The molecule has 4 nitrogen and oxygen atoms in total. The molecule has 0 fully saturated rings. The fraction of sp³-hybridized carbons (Fsp3) is 0.143. The van der Waals surface area contributed by atoms with Gasteiger partial charge >= 0.3 is 5.65 Å². The zero-order valence-electron chi connectivity index (χ0n) is 6.11. The quantitative estimate of drug-likeness (QED) is 0.429. The van der Waals surface area contributed by atoms with Crippen LogP contribution in [0.4, 0.5) is 0 Å². The van der Waals surface area contributed by atoms with Crippen LogP contribution in [0.3, 0.4) is 0 Å². The molecule has 0 amide bonds. The third-order valence-corrected chi connectivity index (χ3v) is 1.58. The molecule has 2 heterocycles. The van der Waals surface area contributed by atoms with E-state index in [1.807, 2.05) is 12.1 Å². The van der Waals surface area contributed by atoms with Crippen molar-refractivity contribution < 1.29 is 9.09 Å². The van der Waals surface area contributed by atoms with Gasteiger partial charge in [0, 0.05) is 6.92 Å². The normalized spacial score (nSPS) is 10.6. The molecule has 0 unspecified atom stereocenters. The molecule has 0 aliphatic heterocycles. The van der Waals surface area contributed by atoms with Crippen molar-refractivity contribution >= 4 is 11.2 Å². The molecule has 2 aromatic rings. The molecule has 0 atom stereocenters. The van der Waals surface area contributed by atoms with Gasteiger partial charge in [-0.2, -0.15) is 0 Å². The average Bonchev–Trinajstić information content (AvgIpc) is 2.30. The molecule has 2 N–H and O–H groups in total. The van der Waals surface area contributed by atoms with Crippen LogP contribution in [0, 0.1) is 6.92 Å². The smallest absolute Gasteiger partial charge is 0.392 e. The van der Waals surface area contributed by atoms with Crippen LogP contribution in [0.15, 0.2) is 22.7 Å². The molecule has 0 aliphatic rings. The van der Waals surface area contributed by atoms with Gasteiger partial charge in [0.1, 0.15) is 6.20 Å². The van der Waals surface area contributed by atoms with Crippen molar-refractivity contribution in [1.82, 2.24) is 4.98 Å². The third-order valence-electron chi connectivity index (χ3n) is 1.58. The van der Waals surface area contributed by atoms with Crippen LogP contribution < -0.4 is 10.5 Å². The summed E-state index contributed by atoms with van der Waals surface area (Å²) in [6, 6.07) is 3.64. The van der Waals surface area contributed by atoms with E-state index in [0.29, 0.717) is 17.1 Å².